The molecule has 6 nitrogen and oxygen atoms in total. The van der Waals surface area contributed by atoms with Gasteiger partial charge in [-0.25, -0.2) is 9.97 Å². The number of hydrogen-bond donors (Lipinski definition) is 0. The minimum absolute atomic E-state index is 0.175. The number of ether oxygens (including phenoxy) is 1. The lowest BCUT2D eigenvalue weighted by Crippen LogP contribution is -2.21. The van der Waals surface area contributed by atoms with Crippen LogP contribution in [0.25, 0.3) is 22.4 Å². The highest BCUT2D eigenvalue weighted by Crippen LogP contribution is 2.22. The van der Waals surface area contributed by atoms with E-state index in [2.05, 4.69) is 9.97 Å². The Labute approximate surface area is 153 Å². The lowest BCUT2D eigenvalue weighted by molar-refractivity contribution is 0.415. The van der Waals surface area contributed by atoms with Crippen molar-refractivity contribution < 1.29 is 9.15 Å². The summed E-state index contributed by atoms with van der Waals surface area (Å²) in [6.45, 7) is 0.258. The van der Waals surface area contributed by atoms with E-state index in [-0.39, 0.29) is 12.1 Å². The van der Waals surface area contributed by atoms with Gasteiger partial charge in [0.15, 0.2) is 0 Å². The molecular weight excluding hydrogens is 354 g/mol. The molecule has 0 N–H and O–H groups in total. The van der Waals surface area contributed by atoms with Crippen molar-refractivity contribution in [3.63, 3.8) is 0 Å². The number of fused-ring (bicyclic) bond motifs is 1. The summed E-state index contributed by atoms with van der Waals surface area (Å²) in [4.78, 5) is 21.4. The molecular formula is C19H14ClN3O3. The van der Waals surface area contributed by atoms with Gasteiger partial charge in [-0.3, -0.25) is 9.36 Å². The molecule has 0 saturated carbocycles. The first kappa shape index (κ1) is 16.4. The number of rotatable bonds is 4. The Balaban J connectivity index is 1.64. The van der Waals surface area contributed by atoms with Crippen LogP contribution in [0.2, 0.25) is 5.02 Å². The van der Waals surface area contributed by atoms with Crippen molar-refractivity contribution in [3.05, 3.63) is 76.1 Å². The van der Waals surface area contributed by atoms with E-state index in [4.69, 9.17) is 20.8 Å². The SMILES string of the molecule is COc1ccc(-c2nc(Cn3cnc4ccc(Cl)cc4c3=O)co2)cc1. The second-order valence-electron chi connectivity index (χ2n) is 5.71. The third-order valence-electron chi connectivity index (χ3n) is 4.01. The number of hydrogen-bond acceptors (Lipinski definition) is 5. The molecule has 0 aliphatic carbocycles. The zero-order valence-electron chi connectivity index (χ0n) is 13.8. The molecule has 0 atom stereocenters. The number of benzene rings is 2. The zero-order chi connectivity index (χ0) is 18.1. The van der Waals surface area contributed by atoms with Crippen LogP contribution in [0, 0.1) is 0 Å². The highest BCUT2D eigenvalue weighted by Gasteiger charge is 2.10. The van der Waals surface area contributed by atoms with Gasteiger partial charge in [0.05, 0.1) is 36.6 Å². The quantitative estimate of drug-likeness (QED) is 0.549. The number of halogens is 1. The van der Waals surface area contributed by atoms with E-state index in [0.717, 1.165) is 11.3 Å². The van der Waals surface area contributed by atoms with Crippen LogP contribution in [0.3, 0.4) is 0 Å². The van der Waals surface area contributed by atoms with E-state index in [1.54, 1.807) is 25.3 Å². The summed E-state index contributed by atoms with van der Waals surface area (Å²) in [5.41, 5.74) is 1.88. The molecule has 7 heteroatoms. The number of nitrogens with zero attached hydrogens (tertiary/aromatic N) is 3. The van der Waals surface area contributed by atoms with Crippen LogP contribution in [-0.4, -0.2) is 21.6 Å². The van der Waals surface area contributed by atoms with Crippen LogP contribution in [0.4, 0.5) is 0 Å². The largest absolute Gasteiger partial charge is 0.497 e. The lowest BCUT2D eigenvalue weighted by atomic mass is 10.2. The van der Waals surface area contributed by atoms with Crippen LogP contribution in [0.1, 0.15) is 5.69 Å². The smallest absolute Gasteiger partial charge is 0.261 e. The first-order chi connectivity index (χ1) is 12.6. The minimum atomic E-state index is -0.175. The Morgan fingerprint density at radius 2 is 2.00 bits per heavy atom. The average molecular weight is 368 g/mol. The second kappa shape index (κ2) is 6.65. The monoisotopic (exact) mass is 367 g/mol. The summed E-state index contributed by atoms with van der Waals surface area (Å²) < 4.78 is 12.2. The maximum absolute atomic E-state index is 12.6. The average Bonchev–Trinajstić information content (AvgIpc) is 3.13. The second-order valence-corrected chi connectivity index (χ2v) is 6.15. The van der Waals surface area contributed by atoms with Crippen LogP contribution in [0.15, 0.2) is 64.3 Å². The van der Waals surface area contributed by atoms with Gasteiger partial charge in [0, 0.05) is 10.6 Å². The fourth-order valence-corrected chi connectivity index (χ4v) is 2.84. The molecule has 2 heterocycles. The van der Waals surface area contributed by atoms with Gasteiger partial charge in [0.1, 0.15) is 12.0 Å². The van der Waals surface area contributed by atoms with Gasteiger partial charge in [0.25, 0.3) is 5.56 Å². The molecule has 0 bridgehead atoms. The van der Waals surface area contributed by atoms with E-state index < -0.39 is 0 Å². The fourth-order valence-electron chi connectivity index (χ4n) is 2.66. The van der Waals surface area contributed by atoms with Gasteiger partial charge in [0.2, 0.25) is 5.89 Å². The molecule has 0 spiro atoms. The highest BCUT2D eigenvalue weighted by molar-refractivity contribution is 6.31. The van der Waals surface area contributed by atoms with Crippen molar-refractivity contribution in [2.75, 3.05) is 7.11 Å². The molecule has 4 rings (SSSR count). The predicted molar refractivity (Wildman–Crippen MR) is 98.6 cm³/mol. The normalized spacial score (nSPS) is 11.0. The van der Waals surface area contributed by atoms with Gasteiger partial charge in [-0.1, -0.05) is 11.6 Å². The maximum Gasteiger partial charge on any atom is 0.261 e. The maximum atomic E-state index is 12.6. The molecule has 0 fully saturated rings. The first-order valence-corrected chi connectivity index (χ1v) is 8.25. The van der Waals surface area contributed by atoms with Gasteiger partial charge in [-0.15, -0.1) is 0 Å². The minimum Gasteiger partial charge on any atom is -0.497 e. The molecule has 0 unspecified atom stereocenters. The van der Waals surface area contributed by atoms with Crippen LogP contribution >= 0.6 is 11.6 Å². The molecule has 0 amide bonds. The van der Waals surface area contributed by atoms with E-state index in [1.165, 1.54) is 17.2 Å². The Bertz CT molecular complexity index is 1130. The molecule has 0 saturated heterocycles. The summed E-state index contributed by atoms with van der Waals surface area (Å²) in [5, 5.41) is 0.969. The molecule has 130 valence electrons. The molecule has 0 aliphatic heterocycles. The summed E-state index contributed by atoms with van der Waals surface area (Å²) in [7, 11) is 1.61. The van der Waals surface area contributed by atoms with Gasteiger partial charge in [-0.05, 0) is 42.5 Å². The molecule has 0 aliphatic rings. The molecule has 2 aromatic carbocycles. The van der Waals surface area contributed by atoms with E-state index in [1.807, 2.05) is 24.3 Å². The first-order valence-electron chi connectivity index (χ1n) is 7.87. The topological polar surface area (TPSA) is 70.2 Å². The zero-order valence-corrected chi connectivity index (χ0v) is 14.6. The van der Waals surface area contributed by atoms with Crippen LogP contribution < -0.4 is 10.3 Å². The van der Waals surface area contributed by atoms with Gasteiger partial charge in [-0.2, -0.15) is 0 Å². The summed E-state index contributed by atoms with van der Waals surface area (Å²) >= 11 is 5.98. The van der Waals surface area contributed by atoms with Crippen LogP contribution in [0.5, 0.6) is 5.75 Å². The van der Waals surface area contributed by atoms with Crippen molar-refractivity contribution >= 4 is 22.5 Å². The molecule has 0 radical (unpaired) electrons. The Hall–Kier alpha value is -3.12. The van der Waals surface area contributed by atoms with Crippen molar-refractivity contribution in [1.82, 2.24) is 14.5 Å². The highest BCUT2D eigenvalue weighted by atomic mass is 35.5. The predicted octanol–water partition coefficient (Wildman–Crippen LogP) is 3.76. The number of aromatic nitrogens is 3. The third kappa shape index (κ3) is 3.07. The Morgan fingerprint density at radius 3 is 2.77 bits per heavy atom. The lowest BCUT2D eigenvalue weighted by Gasteiger charge is -2.04. The van der Waals surface area contributed by atoms with Crippen molar-refractivity contribution in [2.45, 2.75) is 6.54 Å². The van der Waals surface area contributed by atoms with Gasteiger partial charge < -0.3 is 9.15 Å². The van der Waals surface area contributed by atoms with Crippen LogP contribution in [-0.2, 0) is 6.54 Å². The standard InChI is InChI=1S/C19H14ClN3O3/c1-25-15-5-2-12(3-6-15)18-22-14(10-26-18)9-23-11-21-17-7-4-13(20)8-16(17)19(23)24/h2-8,10-11H,9H2,1H3. The molecule has 4 aromatic rings. The van der Waals surface area contributed by atoms with Crippen molar-refractivity contribution in [1.29, 1.82) is 0 Å². The van der Waals surface area contributed by atoms with E-state index >= 15 is 0 Å². The van der Waals surface area contributed by atoms with E-state index in [9.17, 15) is 4.79 Å². The van der Waals surface area contributed by atoms with Gasteiger partial charge >= 0.3 is 0 Å². The summed E-state index contributed by atoms with van der Waals surface area (Å²) in [6, 6.07) is 12.4. The summed E-state index contributed by atoms with van der Waals surface area (Å²) in [6.07, 6.45) is 3.04. The Morgan fingerprint density at radius 1 is 1.19 bits per heavy atom. The number of methoxy groups -OCH3 is 1. The van der Waals surface area contributed by atoms with Crippen molar-refractivity contribution in [3.8, 4) is 17.2 Å². The molecule has 26 heavy (non-hydrogen) atoms. The van der Waals surface area contributed by atoms with Crippen molar-refractivity contribution in [2.24, 2.45) is 0 Å². The summed E-state index contributed by atoms with van der Waals surface area (Å²) in [5.74, 6) is 1.24. The fraction of sp³-hybridized carbons (Fsp3) is 0.105. The third-order valence-corrected chi connectivity index (χ3v) is 4.24. The number of oxazole rings is 1. The molecule has 2 aromatic heterocycles. The Kier molecular flexibility index (Phi) is 4.18. The van der Waals surface area contributed by atoms with E-state index in [0.29, 0.717) is 27.5 Å².